The van der Waals surface area contributed by atoms with Gasteiger partial charge in [0.25, 0.3) is 0 Å². The van der Waals surface area contributed by atoms with E-state index in [1.165, 1.54) is 25.7 Å². The molecular formula is C22H35NO3. The Bertz CT molecular complexity index is 570. The normalized spacial score (nSPS) is 46.2. The maximum absolute atomic E-state index is 12.8. The molecule has 0 aromatic heterocycles. The molecule has 0 bridgehead atoms. The van der Waals surface area contributed by atoms with Gasteiger partial charge in [-0.3, -0.25) is 9.59 Å². The van der Waals surface area contributed by atoms with Crippen molar-refractivity contribution < 1.29 is 14.3 Å². The van der Waals surface area contributed by atoms with E-state index >= 15 is 0 Å². The van der Waals surface area contributed by atoms with Gasteiger partial charge in [-0.1, -0.05) is 40.0 Å². The van der Waals surface area contributed by atoms with E-state index in [2.05, 4.69) is 19.2 Å². The van der Waals surface area contributed by atoms with Crippen LogP contribution in [0.4, 0.5) is 0 Å². The topological polar surface area (TPSA) is 55.4 Å². The molecule has 1 saturated heterocycles. The van der Waals surface area contributed by atoms with Gasteiger partial charge in [0, 0.05) is 23.8 Å². The maximum Gasteiger partial charge on any atom is 0.309 e. The summed E-state index contributed by atoms with van der Waals surface area (Å²) in [6.07, 6.45) is 10.3. The van der Waals surface area contributed by atoms with E-state index in [9.17, 15) is 9.59 Å². The number of nitrogens with one attached hydrogen (secondary N) is 1. The molecule has 0 spiro atoms. The molecule has 1 amide bonds. The molecule has 0 radical (unpaired) electrons. The van der Waals surface area contributed by atoms with Crippen molar-refractivity contribution in [2.45, 2.75) is 90.7 Å². The molecule has 3 aliphatic carbocycles. The predicted molar refractivity (Wildman–Crippen MR) is 100 cm³/mol. The Morgan fingerprint density at radius 1 is 1.08 bits per heavy atom. The third-order valence-corrected chi connectivity index (χ3v) is 8.43. The van der Waals surface area contributed by atoms with Gasteiger partial charge >= 0.3 is 5.97 Å². The first kappa shape index (κ1) is 18.3. The van der Waals surface area contributed by atoms with Crippen molar-refractivity contribution in [3.05, 3.63) is 0 Å². The van der Waals surface area contributed by atoms with Crippen LogP contribution in [0.15, 0.2) is 0 Å². The zero-order chi connectivity index (χ0) is 18.5. The summed E-state index contributed by atoms with van der Waals surface area (Å²) in [6, 6.07) is 0.232. The van der Waals surface area contributed by atoms with Crippen molar-refractivity contribution in [3.8, 4) is 0 Å². The Kier molecular flexibility index (Phi) is 4.81. The fourth-order valence-electron chi connectivity index (χ4n) is 6.69. The van der Waals surface area contributed by atoms with Crippen LogP contribution in [0.1, 0.15) is 78.6 Å². The number of esters is 1. The number of carbonyl (C=O) groups excluding carboxylic acids is 2. The molecule has 0 aromatic carbocycles. The van der Waals surface area contributed by atoms with Gasteiger partial charge in [-0.2, -0.15) is 0 Å². The van der Waals surface area contributed by atoms with Gasteiger partial charge in [-0.15, -0.1) is 0 Å². The van der Waals surface area contributed by atoms with Crippen LogP contribution < -0.4 is 5.32 Å². The lowest BCUT2D eigenvalue weighted by Gasteiger charge is -2.54. The average Bonchev–Trinajstić information content (AvgIpc) is 2.92. The fraction of sp³-hybridized carbons (Fsp3) is 0.909. The lowest BCUT2D eigenvalue weighted by molar-refractivity contribution is -0.155. The van der Waals surface area contributed by atoms with Crippen LogP contribution in [0.5, 0.6) is 0 Å². The molecule has 4 rings (SSSR count). The molecule has 4 heteroatoms. The minimum Gasteiger partial charge on any atom is -0.462 e. The van der Waals surface area contributed by atoms with Gasteiger partial charge in [0.15, 0.2) is 0 Å². The molecule has 7 unspecified atom stereocenters. The standard InChI is InChI=1S/C22H35NO3/c1-13-16-9-11-22(3)12-10-17(14(2)18(22)19(16)26-21(13)25)23-20(24)15-7-5-4-6-8-15/h13-19H,4-12H2,1-3H3,(H,23,24). The van der Waals surface area contributed by atoms with Crippen molar-refractivity contribution in [1.29, 1.82) is 0 Å². The van der Waals surface area contributed by atoms with Crippen LogP contribution >= 0.6 is 0 Å². The number of ether oxygens (including phenoxy) is 1. The van der Waals surface area contributed by atoms with Crippen molar-refractivity contribution in [2.75, 3.05) is 0 Å². The van der Waals surface area contributed by atoms with Gasteiger partial charge in [-0.25, -0.2) is 0 Å². The smallest absolute Gasteiger partial charge is 0.309 e. The summed E-state index contributed by atoms with van der Waals surface area (Å²) in [6.45, 7) is 6.71. The van der Waals surface area contributed by atoms with Gasteiger partial charge in [0.1, 0.15) is 6.10 Å². The van der Waals surface area contributed by atoms with Crippen LogP contribution in [0.2, 0.25) is 0 Å². The van der Waals surface area contributed by atoms with Gasteiger partial charge < -0.3 is 10.1 Å². The molecule has 4 nitrogen and oxygen atoms in total. The van der Waals surface area contributed by atoms with Crippen LogP contribution in [-0.4, -0.2) is 24.0 Å². The number of hydrogen-bond acceptors (Lipinski definition) is 3. The third kappa shape index (κ3) is 2.97. The SMILES string of the molecule is CC1C(=O)OC2C1CCC1(C)CCC(NC(=O)C3CCCCC3)C(C)C21. The summed E-state index contributed by atoms with van der Waals surface area (Å²) in [5.41, 5.74) is 0.247. The fourth-order valence-corrected chi connectivity index (χ4v) is 6.69. The van der Waals surface area contributed by atoms with Crippen molar-refractivity contribution >= 4 is 11.9 Å². The number of fused-ring (bicyclic) bond motifs is 3. The molecule has 146 valence electrons. The molecule has 1 N–H and O–H groups in total. The molecule has 0 aromatic rings. The van der Waals surface area contributed by atoms with Crippen LogP contribution in [0.3, 0.4) is 0 Å². The van der Waals surface area contributed by atoms with Gasteiger partial charge in [0.2, 0.25) is 5.91 Å². The largest absolute Gasteiger partial charge is 0.462 e. The zero-order valence-corrected chi connectivity index (χ0v) is 16.6. The number of hydrogen-bond donors (Lipinski definition) is 1. The molecule has 3 saturated carbocycles. The Morgan fingerprint density at radius 3 is 2.50 bits per heavy atom. The van der Waals surface area contributed by atoms with Crippen LogP contribution in [-0.2, 0) is 14.3 Å². The number of rotatable bonds is 2. The van der Waals surface area contributed by atoms with E-state index in [4.69, 9.17) is 4.74 Å². The molecule has 4 fully saturated rings. The van der Waals surface area contributed by atoms with Crippen molar-refractivity contribution in [2.24, 2.45) is 35.0 Å². The zero-order valence-electron chi connectivity index (χ0n) is 16.6. The Hall–Kier alpha value is -1.06. The molecule has 1 aliphatic heterocycles. The maximum atomic E-state index is 12.8. The van der Waals surface area contributed by atoms with Crippen molar-refractivity contribution in [1.82, 2.24) is 5.32 Å². The molecular weight excluding hydrogens is 326 g/mol. The highest BCUT2D eigenvalue weighted by Gasteiger charge is 2.58. The first-order valence-electron chi connectivity index (χ1n) is 10.9. The number of amides is 1. The highest BCUT2D eigenvalue weighted by molar-refractivity contribution is 5.79. The summed E-state index contributed by atoms with van der Waals surface area (Å²) < 4.78 is 5.90. The number of carbonyl (C=O) groups is 2. The molecule has 1 heterocycles. The van der Waals surface area contributed by atoms with Crippen LogP contribution in [0.25, 0.3) is 0 Å². The Labute approximate surface area is 157 Å². The van der Waals surface area contributed by atoms with E-state index in [1.807, 2.05) is 6.92 Å². The Morgan fingerprint density at radius 2 is 1.77 bits per heavy atom. The lowest BCUT2D eigenvalue weighted by atomic mass is 9.52. The van der Waals surface area contributed by atoms with Gasteiger partial charge in [-0.05, 0) is 49.9 Å². The highest BCUT2D eigenvalue weighted by Crippen LogP contribution is 2.57. The quantitative estimate of drug-likeness (QED) is 0.754. The van der Waals surface area contributed by atoms with E-state index in [0.717, 1.165) is 32.1 Å². The lowest BCUT2D eigenvalue weighted by Crippen LogP contribution is -2.57. The summed E-state index contributed by atoms with van der Waals surface area (Å²) in [5, 5.41) is 3.41. The van der Waals surface area contributed by atoms with E-state index in [0.29, 0.717) is 17.8 Å². The second-order valence-electron chi connectivity index (χ2n) is 9.92. The highest BCUT2D eigenvalue weighted by atomic mass is 16.6. The van der Waals surface area contributed by atoms with Crippen LogP contribution in [0, 0.1) is 35.0 Å². The monoisotopic (exact) mass is 361 g/mol. The Balaban J connectivity index is 1.49. The van der Waals surface area contributed by atoms with E-state index < -0.39 is 0 Å². The molecule has 26 heavy (non-hydrogen) atoms. The summed E-state index contributed by atoms with van der Waals surface area (Å²) in [5.74, 6) is 1.63. The van der Waals surface area contributed by atoms with Crippen molar-refractivity contribution in [3.63, 3.8) is 0 Å². The first-order chi connectivity index (χ1) is 12.4. The van der Waals surface area contributed by atoms with E-state index in [1.54, 1.807) is 0 Å². The van der Waals surface area contributed by atoms with E-state index in [-0.39, 0.29) is 41.3 Å². The minimum absolute atomic E-state index is 0.00943. The second-order valence-corrected chi connectivity index (χ2v) is 9.92. The van der Waals surface area contributed by atoms with Gasteiger partial charge in [0.05, 0.1) is 5.92 Å². The predicted octanol–water partition coefficient (Wildman–Crippen LogP) is 4.08. The summed E-state index contributed by atoms with van der Waals surface area (Å²) in [7, 11) is 0. The second kappa shape index (κ2) is 6.83. The first-order valence-corrected chi connectivity index (χ1v) is 10.9. The summed E-state index contributed by atoms with van der Waals surface area (Å²) >= 11 is 0. The average molecular weight is 362 g/mol. The molecule has 7 atom stereocenters. The minimum atomic E-state index is -0.00943. The molecule has 4 aliphatic rings. The third-order valence-electron chi connectivity index (χ3n) is 8.43. The summed E-state index contributed by atoms with van der Waals surface area (Å²) in [4.78, 5) is 25.0.